The molecule has 39 heavy (non-hydrogen) atoms. The lowest BCUT2D eigenvalue weighted by Crippen LogP contribution is -2.48. The Kier molecular flexibility index (Phi) is 7.95. The van der Waals surface area contributed by atoms with Crippen molar-refractivity contribution in [1.82, 2.24) is 20.3 Å². The molecule has 4 aromatic rings. The fourth-order valence-electron chi connectivity index (χ4n) is 4.76. The zero-order valence-corrected chi connectivity index (χ0v) is 21.7. The number of carbonyl (C=O) groups is 1. The maximum absolute atomic E-state index is 12.5. The standard InChI is InChI=1S/C28H26ClN7O3/c29-23-13-7-12-22(18-23)28(37)33-32-26-25(36(38)39)27(31-19-30-26)35-16-14-34(15-17-35)24(20-8-3-1-4-9-20)21-10-5-2-6-11-21/h1-13,18-19,24H,14-17H2,(H,33,37)(H,30,31,32). The maximum atomic E-state index is 12.5. The second-order valence-electron chi connectivity index (χ2n) is 8.99. The van der Waals surface area contributed by atoms with E-state index in [1.807, 2.05) is 41.3 Å². The van der Waals surface area contributed by atoms with Crippen molar-refractivity contribution in [2.45, 2.75) is 6.04 Å². The first-order valence-corrected chi connectivity index (χ1v) is 12.8. The minimum Gasteiger partial charge on any atom is -0.348 e. The van der Waals surface area contributed by atoms with Gasteiger partial charge in [-0.2, -0.15) is 0 Å². The number of hydrogen-bond acceptors (Lipinski definition) is 8. The molecule has 2 N–H and O–H groups in total. The summed E-state index contributed by atoms with van der Waals surface area (Å²) in [6, 6.07) is 27.0. The fourth-order valence-corrected chi connectivity index (χ4v) is 4.95. The van der Waals surface area contributed by atoms with Crippen LogP contribution in [-0.2, 0) is 0 Å². The molecule has 11 heteroatoms. The molecular formula is C28H26ClN7O3. The first-order valence-electron chi connectivity index (χ1n) is 12.4. The molecule has 1 saturated heterocycles. The number of piperazine rings is 1. The van der Waals surface area contributed by atoms with E-state index >= 15 is 0 Å². The van der Waals surface area contributed by atoms with Crippen molar-refractivity contribution >= 4 is 34.8 Å². The Labute approximate surface area is 230 Å². The van der Waals surface area contributed by atoms with Crippen LogP contribution in [0.2, 0.25) is 5.02 Å². The number of hydrogen-bond donors (Lipinski definition) is 2. The number of rotatable bonds is 8. The molecule has 0 atom stereocenters. The van der Waals surface area contributed by atoms with Crippen LogP contribution < -0.4 is 15.8 Å². The summed E-state index contributed by atoms with van der Waals surface area (Å²) in [4.78, 5) is 36.6. The number of halogens is 1. The SMILES string of the molecule is O=C(NNc1ncnc(N2CCN(C(c3ccccc3)c3ccccc3)CC2)c1[N+](=O)[O-])c1cccc(Cl)c1. The molecule has 0 spiro atoms. The Bertz CT molecular complexity index is 1410. The number of anilines is 2. The minimum atomic E-state index is -0.535. The quantitative estimate of drug-likeness (QED) is 0.242. The number of hydrazine groups is 1. The van der Waals surface area contributed by atoms with Gasteiger partial charge in [0.2, 0.25) is 11.6 Å². The maximum Gasteiger partial charge on any atom is 0.355 e. The van der Waals surface area contributed by atoms with E-state index in [2.05, 4.69) is 50.0 Å². The number of amides is 1. The van der Waals surface area contributed by atoms with E-state index in [-0.39, 0.29) is 23.4 Å². The molecule has 5 rings (SSSR count). The van der Waals surface area contributed by atoms with Gasteiger partial charge in [0.1, 0.15) is 6.33 Å². The van der Waals surface area contributed by atoms with E-state index < -0.39 is 10.8 Å². The van der Waals surface area contributed by atoms with Crippen molar-refractivity contribution in [3.8, 4) is 0 Å². The highest BCUT2D eigenvalue weighted by Crippen LogP contribution is 2.34. The zero-order valence-electron chi connectivity index (χ0n) is 20.9. The van der Waals surface area contributed by atoms with Crippen LogP contribution in [0.1, 0.15) is 27.5 Å². The molecule has 1 amide bonds. The fraction of sp³-hybridized carbons (Fsp3) is 0.179. The summed E-state index contributed by atoms with van der Waals surface area (Å²) in [5.74, 6) is -0.409. The van der Waals surface area contributed by atoms with Crippen LogP contribution in [0.25, 0.3) is 0 Å². The Morgan fingerprint density at radius 2 is 1.54 bits per heavy atom. The molecule has 3 aromatic carbocycles. The monoisotopic (exact) mass is 543 g/mol. The lowest BCUT2D eigenvalue weighted by Gasteiger charge is -2.40. The summed E-state index contributed by atoms with van der Waals surface area (Å²) >= 11 is 5.96. The molecule has 198 valence electrons. The van der Waals surface area contributed by atoms with Crippen molar-refractivity contribution in [3.05, 3.63) is 123 Å². The summed E-state index contributed by atoms with van der Waals surface area (Å²) in [5.41, 5.74) is 7.42. The molecule has 1 aliphatic rings. The highest BCUT2D eigenvalue weighted by atomic mass is 35.5. The van der Waals surface area contributed by atoms with E-state index in [0.717, 1.165) is 0 Å². The summed E-state index contributed by atoms with van der Waals surface area (Å²) in [7, 11) is 0. The molecule has 0 unspecified atom stereocenters. The van der Waals surface area contributed by atoms with Crippen LogP contribution in [-0.4, -0.2) is 51.9 Å². The van der Waals surface area contributed by atoms with Gasteiger partial charge in [0, 0.05) is 36.8 Å². The molecule has 1 fully saturated rings. The Morgan fingerprint density at radius 3 is 2.13 bits per heavy atom. The summed E-state index contributed by atoms with van der Waals surface area (Å²) < 4.78 is 0. The number of carbonyl (C=O) groups excluding carboxylic acids is 1. The third-order valence-electron chi connectivity index (χ3n) is 6.58. The largest absolute Gasteiger partial charge is 0.355 e. The second kappa shape index (κ2) is 11.9. The molecule has 0 bridgehead atoms. The topological polar surface area (TPSA) is 117 Å². The Hall–Kier alpha value is -4.54. The summed E-state index contributed by atoms with van der Waals surface area (Å²) in [6.07, 6.45) is 1.25. The highest BCUT2D eigenvalue weighted by Gasteiger charge is 2.32. The van der Waals surface area contributed by atoms with Gasteiger partial charge < -0.3 is 4.90 Å². The number of nitro groups is 1. The van der Waals surface area contributed by atoms with Gasteiger partial charge in [0.05, 0.1) is 11.0 Å². The number of nitrogens with zero attached hydrogens (tertiary/aromatic N) is 5. The van der Waals surface area contributed by atoms with Gasteiger partial charge in [-0.25, -0.2) is 9.97 Å². The number of benzene rings is 3. The lowest BCUT2D eigenvalue weighted by atomic mass is 9.96. The van der Waals surface area contributed by atoms with Crippen molar-refractivity contribution in [2.75, 3.05) is 36.5 Å². The van der Waals surface area contributed by atoms with E-state index in [1.165, 1.54) is 23.5 Å². The number of aromatic nitrogens is 2. The van der Waals surface area contributed by atoms with Gasteiger partial charge in [-0.1, -0.05) is 78.3 Å². The molecule has 10 nitrogen and oxygen atoms in total. The van der Waals surface area contributed by atoms with E-state index in [1.54, 1.807) is 18.2 Å². The summed E-state index contributed by atoms with van der Waals surface area (Å²) in [6.45, 7) is 2.40. The van der Waals surface area contributed by atoms with Crippen molar-refractivity contribution in [2.24, 2.45) is 0 Å². The molecule has 0 saturated carbocycles. The van der Waals surface area contributed by atoms with Gasteiger partial charge in [-0.15, -0.1) is 0 Å². The van der Waals surface area contributed by atoms with E-state index in [4.69, 9.17) is 11.6 Å². The van der Waals surface area contributed by atoms with Crippen LogP contribution in [0, 0.1) is 10.1 Å². The van der Waals surface area contributed by atoms with Gasteiger partial charge in [0.25, 0.3) is 5.91 Å². The molecular weight excluding hydrogens is 518 g/mol. The van der Waals surface area contributed by atoms with Gasteiger partial charge in [-0.05, 0) is 29.3 Å². The van der Waals surface area contributed by atoms with E-state index in [9.17, 15) is 14.9 Å². The van der Waals surface area contributed by atoms with Crippen LogP contribution in [0.3, 0.4) is 0 Å². The van der Waals surface area contributed by atoms with Crippen molar-refractivity contribution in [3.63, 3.8) is 0 Å². The molecule has 0 aliphatic carbocycles. The average Bonchev–Trinajstić information content (AvgIpc) is 2.97. The Morgan fingerprint density at radius 1 is 0.897 bits per heavy atom. The van der Waals surface area contributed by atoms with Crippen molar-refractivity contribution < 1.29 is 9.72 Å². The first kappa shape index (κ1) is 26.1. The van der Waals surface area contributed by atoms with Crippen LogP contribution in [0.15, 0.2) is 91.3 Å². The van der Waals surface area contributed by atoms with Crippen LogP contribution in [0.4, 0.5) is 17.3 Å². The molecule has 1 aromatic heterocycles. The third-order valence-corrected chi connectivity index (χ3v) is 6.81. The van der Waals surface area contributed by atoms with Crippen LogP contribution in [0.5, 0.6) is 0 Å². The highest BCUT2D eigenvalue weighted by molar-refractivity contribution is 6.30. The normalized spacial score (nSPS) is 13.7. The van der Waals surface area contributed by atoms with Gasteiger partial charge >= 0.3 is 5.69 Å². The molecule has 0 radical (unpaired) electrons. The van der Waals surface area contributed by atoms with Gasteiger partial charge in [-0.3, -0.25) is 30.7 Å². The average molecular weight is 544 g/mol. The molecule has 2 heterocycles. The third kappa shape index (κ3) is 5.97. The predicted octanol–water partition coefficient (Wildman–Crippen LogP) is 4.71. The zero-order chi connectivity index (χ0) is 27.2. The van der Waals surface area contributed by atoms with Crippen LogP contribution >= 0.6 is 11.6 Å². The smallest absolute Gasteiger partial charge is 0.348 e. The first-order chi connectivity index (χ1) is 19.0. The summed E-state index contributed by atoms with van der Waals surface area (Å²) in [5, 5.41) is 12.5. The predicted molar refractivity (Wildman–Crippen MR) is 150 cm³/mol. The van der Waals surface area contributed by atoms with Gasteiger partial charge in [0.15, 0.2) is 0 Å². The Balaban J connectivity index is 1.33. The lowest BCUT2D eigenvalue weighted by molar-refractivity contribution is -0.383. The van der Waals surface area contributed by atoms with Crippen molar-refractivity contribution in [1.29, 1.82) is 0 Å². The second-order valence-corrected chi connectivity index (χ2v) is 9.42. The number of nitrogens with one attached hydrogen (secondary N) is 2. The molecule has 1 aliphatic heterocycles. The minimum absolute atomic E-state index is 0.0638. The van der Waals surface area contributed by atoms with E-state index in [0.29, 0.717) is 36.8 Å².